The van der Waals surface area contributed by atoms with E-state index in [9.17, 15) is 18.0 Å². The Morgan fingerprint density at radius 2 is 2.00 bits per heavy atom. The second-order valence-electron chi connectivity index (χ2n) is 5.85. The van der Waals surface area contributed by atoms with E-state index in [0.29, 0.717) is 6.54 Å². The molecular formula is C12H19F3N2O. The molecule has 1 aliphatic heterocycles. The summed E-state index contributed by atoms with van der Waals surface area (Å²) in [6, 6.07) is 0. The third kappa shape index (κ3) is 2.22. The SMILES string of the molecule is CC1(CNC(=O)C2(C(F)(F)F)CCNC2)CCC1. The predicted molar refractivity (Wildman–Crippen MR) is 60.9 cm³/mol. The normalized spacial score (nSPS) is 30.9. The highest BCUT2D eigenvalue weighted by molar-refractivity contribution is 5.84. The molecule has 0 aromatic heterocycles. The molecule has 1 atom stereocenters. The summed E-state index contributed by atoms with van der Waals surface area (Å²) in [5, 5.41) is 5.16. The van der Waals surface area contributed by atoms with E-state index in [2.05, 4.69) is 10.6 Å². The maximum absolute atomic E-state index is 13.1. The van der Waals surface area contributed by atoms with E-state index in [1.54, 1.807) is 0 Å². The molecule has 1 saturated carbocycles. The minimum absolute atomic E-state index is 0.00547. The molecule has 1 heterocycles. The van der Waals surface area contributed by atoms with Crippen LogP contribution in [0.15, 0.2) is 0 Å². The fraction of sp³-hybridized carbons (Fsp3) is 0.917. The molecule has 0 aromatic carbocycles. The average Bonchev–Trinajstić information content (AvgIpc) is 2.72. The Morgan fingerprint density at radius 1 is 1.33 bits per heavy atom. The van der Waals surface area contributed by atoms with E-state index >= 15 is 0 Å². The van der Waals surface area contributed by atoms with Gasteiger partial charge in [-0.3, -0.25) is 4.79 Å². The summed E-state index contributed by atoms with van der Waals surface area (Å²) in [4.78, 5) is 11.9. The number of carbonyl (C=O) groups excluding carboxylic acids is 1. The van der Waals surface area contributed by atoms with Gasteiger partial charge in [-0.25, -0.2) is 0 Å². The van der Waals surface area contributed by atoms with Gasteiger partial charge in [-0.1, -0.05) is 13.3 Å². The second kappa shape index (κ2) is 4.40. The lowest BCUT2D eigenvalue weighted by Gasteiger charge is -2.39. The van der Waals surface area contributed by atoms with Crippen molar-refractivity contribution in [1.29, 1.82) is 0 Å². The van der Waals surface area contributed by atoms with Gasteiger partial charge >= 0.3 is 6.18 Å². The quantitative estimate of drug-likeness (QED) is 0.816. The summed E-state index contributed by atoms with van der Waals surface area (Å²) in [6.07, 6.45) is -1.60. The van der Waals surface area contributed by atoms with Gasteiger partial charge in [0, 0.05) is 13.1 Å². The fourth-order valence-electron chi connectivity index (χ4n) is 2.68. The van der Waals surface area contributed by atoms with Gasteiger partial charge in [-0.2, -0.15) is 13.2 Å². The molecule has 18 heavy (non-hydrogen) atoms. The van der Waals surface area contributed by atoms with Crippen molar-refractivity contribution in [3.8, 4) is 0 Å². The number of hydrogen-bond acceptors (Lipinski definition) is 2. The van der Waals surface area contributed by atoms with Gasteiger partial charge in [-0.15, -0.1) is 0 Å². The van der Waals surface area contributed by atoms with E-state index in [1.165, 1.54) is 0 Å². The van der Waals surface area contributed by atoms with Gasteiger partial charge < -0.3 is 10.6 Å². The van der Waals surface area contributed by atoms with Crippen LogP contribution in [0.4, 0.5) is 13.2 Å². The smallest absolute Gasteiger partial charge is 0.355 e. The first-order valence-corrected chi connectivity index (χ1v) is 6.35. The van der Waals surface area contributed by atoms with Crippen LogP contribution in [0.25, 0.3) is 0 Å². The van der Waals surface area contributed by atoms with Gasteiger partial charge in [0.1, 0.15) is 0 Å². The molecule has 2 fully saturated rings. The van der Waals surface area contributed by atoms with Crippen molar-refractivity contribution in [2.75, 3.05) is 19.6 Å². The summed E-state index contributed by atoms with van der Waals surface area (Å²) < 4.78 is 39.2. The van der Waals surface area contributed by atoms with Gasteiger partial charge in [0.2, 0.25) is 5.91 Å². The molecule has 3 nitrogen and oxygen atoms in total. The lowest BCUT2D eigenvalue weighted by molar-refractivity contribution is -0.216. The Labute approximate surface area is 104 Å². The lowest BCUT2D eigenvalue weighted by atomic mass is 9.70. The van der Waals surface area contributed by atoms with Crippen molar-refractivity contribution in [3.05, 3.63) is 0 Å². The van der Waals surface area contributed by atoms with E-state index in [4.69, 9.17) is 0 Å². The Hall–Kier alpha value is -0.780. The van der Waals surface area contributed by atoms with Crippen molar-refractivity contribution in [2.45, 2.75) is 38.8 Å². The Balaban J connectivity index is 2.01. The molecule has 6 heteroatoms. The average molecular weight is 264 g/mol. The van der Waals surface area contributed by atoms with Gasteiger partial charge in [0.05, 0.1) is 0 Å². The highest BCUT2D eigenvalue weighted by Gasteiger charge is 2.61. The first kappa shape index (κ1) is 13.6. The monoisotopic (exact) mass is 264 g/mol. The van der Waals surface area contributed by atoms with Gasteiger partial charge in [0.25, 0.3) is 0 Å². The number of carbonyl (C=O) groups is 1. The van der Waals surface area contributed by atoms with Crippen LogP contribution in [0.2, 0.25) is 0 Å². The maximum Gasteiger partial charge on any atom is 0.404 e. The van der Waals surface area contributed by atoms with Crippen LogP contribution in [0.3, 0.4) is 0 Å². The first-order valence-electron chi connectivity index (χ1n) is 6.35. The number of alkyl halides is 3. The Bertz CT molecular complexity index is 331. The standard InChI is InChI=1S/C12H19F3N2O/c1-10(3-2-4-10)7-17-9(18)11(12(13,14)15)5-6-16-8-11/h16H,2-8H2,1H3,(H,17,18). The van der Waals surface area contributed by atoms with E-state index in [-0.39, 0.29) is 24.9 Å². The van der Waals surface area contributed by atoms with Crippen molar-refractivity contribution >= 4 is 5.91 Å². The summed E-state index contributed by atoms with van der Waals surface area (Å²) in [7, 11) is 0. The van der Waals surface area contributed by atoms with Crippen molar-refractivity contribution in [3.63, 3.8) is 0 Å². The zero-order valence-electron chi connectivity index (χ0n) is 10.5. The molecule has 0 radical (unpaired) electrons. The molecule has 1 unspecified atom stereocenters. The number of amides is 1. The third-order valence-electron chi connectivity index (χ3n) is 4.37. The number of rotatable bonds is 3. The molecule has 0 spiro atoms. The number of halogens is 3. The lowest BCUT2D eigenvalue weighted by Crippen LogP contribution is -2.54. The molecule has 104 valence electrons. The molecule has 2 rings (SSSR count). The predicted octanol–water partition coefficient (Wildman–Crippen LogP) is 1.83. The maximum atomic E-state index is 13.1. The third-order valence-corrected chi connectivity index (χ3v) is 4.37. The molecule has 0 aromatic rings. The summed E-state index contributed by atoms with van der Waals surface area (Å²) >= 11 is 0. The van der Waals surface area contributed by atoms with Crippen molar-refractivity contribution < 1.29 is 18.0 Å². The second-order valence-corrected chi connectivity index (χ2v) is 5.85. The highest BCUT2D eigenvalue weighted by atomic mass is 19.4. The van der Waals surface area contributed by atoms with Crippen LogP contribution in [0.1, 0.15) is 32.6 Å². The van der Waals surface area contributed by atoms with E-state index in [0.717, 1.165) is 19.3 Å². The molecule has 1 aliphatic carbocycles. The van der Waals surface area contributed by atoms with Crippen molar-refractivity contribution in [2.24, 2.45) is 10.8 Å². The fourth-order valence-corrected chi connectivity index (χ4v) is 2.68. The molecule has 2 N–H and O–H groups in total. The van der Waals surface area contributed by atoms with Gasteiger partial charge in [0.15, 0.2) is 5.41 Å². The molecule has 1 saturated heterocycles. The van der Waals surface area contributed by atoms with Crippen LogP contribution < -0.4 is 10.6 Å². The molecule has 2 aliphatic rings. The van der Waals surface area contributed by atoms with Crippen LogP contribution in [0, 0.1) is 10.8 Å². The minimum Gasteiger partial charge on any atom is -0.355 e. The van der Waals surface area contributed by atoms with Gasteiger partial charge in [-0.05, 0) is 31.2 Å². The number of nitrogens with one attached hydrogen (secondary N) is 2. The Morgan fingerprint density at radius 3 is 2.39 bits per heavy atom. The summed E-state index contributed by atoms with van der Waals surface area (Å²) in [5.41, 5.74) is -2.23. The largest absolute Gasteiger partial charge is 0.404 e. The first-order chi connectivity index (χ1) is 8.29. The minimum atomic E-state index is -4.49. The zero-order valence-corrected chi connectivity index (χ0v) is 10.5. The van der Waals surface area contributed by atoms with Crippen LogP contribution in [-0.4, -0.2) is 31.7 Å². The van der Waals surface area contributed by atoms with Crippen LogP contribution >= 0.6 is 0 Å². The summed E-state index contributed by atoms with van der Waals surface area (Å²) in [5.74, 6) is -0.867. The zero-order chi connectivity index (χ0) is 13.4. The van der Waals surface area contributed by atoms with Crippen LogP contribution in [0.5, 0.6) is 0 Å². The van der Waals surface area contributed by atoms with Crippen molar-refractivity contribution in [1.82, 2.24) is 10.6 Å². The Kier molecular flexibility index (Phi) is 3.34. The number of hydrogen-bond donors (Lipinski definition) is 2. The highest BCUT2D eigenvalue weighted by Crippen LogP contribution is 2.44. The molecule has 1 amide bonds. The van der Waals surface area contributed by atoms with Crippen LogP contribution in [-0.2, 0) is 4.79 Å². The van der Waals surface area contributed by atoms with E-state index < -0.39 is 17.5 Å². The summed E-state index contributed by atoms with van der Waals surface area (Å²) in [6.45, 7) is 2.29. The molecular weight excluding hydrogens is 245 g/mol. The molecule has 0 bridgehead atoms. The topological polar surface area (TPSA) is 41.1 Å². The van der Waals surface area contributed by atoms with E-state index in [1.807, 2.05) is 6.92 Å².